The van der Waals surface area contributed by atoms with Crippen LogP contribution in [0.2, 0.25) is 0 Å². The Morgan fingerprint density at radius 3 is 2.65 bits per heavy atom. The molecule has 0 bridgehead atoms. The van der Waals surface area contributed by atoms with E-state index in [0.717, 1.165) is 22.5 Å². The number of hydrogen-bond acceptors (Lipinski definition) is 4. The third-order valence-corrected chi connectivity index (χ3v) is 4.20. The molecular weight excluding hydrogens is 326 g/mol. The predicted molar refractivity (Wildman–Crippen MR) is 102 cm³/mol. The number of para-hydroxylation sites is 2. The van der Waals surface area contributed by atoms with Crippen LogP contribution in [0.15, 0.2) is 77.2 Å². The van der Waals surface area contributed by atoms with Crippen LogP contribution in [0.1, 0.15) is 18.1 Å². The van der Waals surface area contributed by atoms with Gasteiger partial charge in [-0.2, -0.15) is 10.2 Å². The Kier molecular flexibility index (Phi) is 4.15. The predicted octanol–water partition coefficient (Wildman–Crippen LogP) is 3.06. The van der Waals surface area contributed by atoms with Gasteiger partial charge >= 0.3 is 0 Å². The zero-order valence-corrected chi connectivity index (χ0v) is 14.3. The highest BCUT2D eigenvalue weighted by Gasteiger charge is 2.32. The molecule has 4 rings (SSSR count). The van der Waals surface area contributed by atoms with Crippen molar-refractivity contribution in [2.75, 3.05) is 11.4 Å². The molecule has 128 valence electrons. The Labute approximate surface area is 151 Å². The number of fused-ring (bicyclic) bond motifs is 1. The van der Waals surface area contributed by atoms with Gasteiger partial charge in [0.1, 0.15) is 0 Å². The molecule has 0 fully saturated rings. The number of rotatable bonds is 4. The van der Waals surface area contributed by atoms with Crippen molar-refractivity contribution in [2.45, 2.75) is 6.92 Å². The molecule has 0 unspecified atom stereocenters. The van der Waals surface area contributed by atoms with E-state index in [2.05, 4.69) is 15.3 Å². The van der Waals surface area contributed by atoms with Gasteiger partial charge in [0.2, 0.25) is 0 Å². The first-order valence-electron chi connectivity index (χ1n) is 8.40. The normalized spacial score (nSPS) is 15.2. The van der Waals surface area contributed by atoms with E-state index in [9.17, 15) is 4.79 Å². The van der Waals surface area contributed by atoms with Gasteiger partial charge < -0.3 is 4.90 Å². The first kappa shape index (κ1) is 16.0. The van der Waals surface area contributed by atoms with Crippen molar-refractivity contribution in [3.8, 4) is 5.69 Å². The van der Waals surface area contributed by atoms with Crippen LogP contribution in [0.4, 0.5) is 5.69 Å². The Morgan fingerprint density at radius 1 is 1.08 bits per heavy atom. The van der Waals surface area contributed by atoms with E-state index in [1.54, 1.807) is 22.0 Å². The van der Waals surface area contributed by atoms with Gasteiger partial charge in [-0.3, -0.25) is 4.79 Å². The lowest BCUT2D eigenvalue weighted by Crippen LogP contribution is -2.29. The fourth-order valence-electron chi connectivity index (χ4n) is 2.95. The van der Waals surface area contributed by atoms with Gasteiger partial charge in [-0.05, 0) is 25.1 Å². The minimum Gasteiger partial charge on any atom is -0.307 e. The molecule has 6 heteroatoms. The number of hydrogen-bond donors (Lipinski definition) is 0. The number of aromatic nitrogens is 2. The van der Waals surface area contributed by atoms with Gasteiger partial charge in [0.25, 0.3) is 5.91 Å². The molecule has 26 heavy (non-hydrogen) atoms. The number of carbonyl (C=O) groups excluding carboxylic acids is 1. The second-order valence-corrected chi connectivity index (χ2v) is 5.81. The largest absolute Gasteiger partial charge is 0.307 e. The van der Waals surface area contributed by atoms with E-state index in [1.165, 1.54) is 0 Å². The molecule has 0 radical (unpaired) electrons. The second kappa shape index (κ2) is 6.76. The average molecular weight is 343 g/mol. The second-order valence-electron chi connectivity index (χ2n) is 5.81. The van der Waals surface area contributed by atoms with E-state index >= 15 is 0 Å². The number of likely N-dealkylation sites (N-methyl/N-ethyl adjacent to an activating group) is 1. The maximum atomic E-state index is 12.5. The zero-order chi connectivity index (χ0) is 17.9. The Morgan fingerprint density at radius 2 is 1.85 bits per heavy atom. The van der Waals surface area contributed by atoms with Crippen LogP contribution in [-0.4, -0.2) is 34.2 Å². The fourth-order valence-corrected chi connectivity index (χ4v) is 2.95. The molecule has 0 N–H and O–H groups in total. The summed E-state index contributed by atoms with van der Waals surface area (Å²) in [6.07, 6.45) is 5.17. The lowest BCUT2D eigenvalue weighted by molar-refractivity contribution is -0.112. The molecule has 0 saturated heterocycles. The minimum absolute atomic E-state index is 0.120. The standard InChI is InChI=1S/C20H17N5O/c1-2-24-18-11-7-6-10-17(18)19(20(24)26)23-21-12-15-13-22-25(14-15)16-8-4-3-5-9-16/h3-14H,2H2,1H3/b21-12-,23-19+. The molecule has 1 aromatic heterocycles. The molecule has 1 aliphatic rings. The van der Waals surface area contributed by atoms with Crippen LogP contribution in [0.3, 0.4) is 0 Å². The summed E-state index contributed by atoms with van der Waals surface area (Å²) in [7, 11) is 0. The van der Waals surface area contributed by atoms with E-state index in [-0.39, 0.29) is 5.91 Å². The summed E-state index contributed by atoms with van der Waals surface area (Å²) in [6, 6.07) is 17.5. The molecule has 1 aliphatic heterocycles. The van der Waals surface area contributed by atoms with Gasteiger partial charge in [-0.25, -0.2) is 4.68 Å². The molecule has 6 nitrogen and oxygen atoms in total. The van der Waals surface area contributed by atoms with E-state index in [1.807, 2.05) is 67.7 Å². The zero-order valence-electron chi connectivity index (χ0n) is 14.3. The van der Waals surface area contributed by atoms with Crippen molar-refractivity contribution in [3.63, 3.8) is 0 Å². The van der Waals surface area contributed by atoms with Gasteiger partial charge in [-0.1, -0.05) is 36.4 Å². The van der Waals surface area contributed by atoms with E-state index in [4.69, 9.17) is 0 Å². The van der Waals surface area contributed by atoms with Crippen LogP contribution in [0, 0.1) is 0 Å². The highest BCUT2D eigenvalue weighted by Crippen LogP contribution is 2.28. The summed E-state index contributed by atoms with van der Waals surface area (Å²) in [4.78, 5) is 14.2. The number of nitrogens with zero attached hydrogens (tertiary/aromatic N) is 5. The molecule has 1 amide bonds. The first-order valence-corrected chi connectivity index (χ1v) is 8.40. The summed E-state index contributed by atoms with van der Waals surface area (Å²) >= 11 is 0. The van der Waals surface area contributed by atoms with Gasteiger partial charge in [0.15, 0.2) is 5.71 Å². The van der Waals surface area contributed by atoms with Crippen LogP contribution < -0.4 is 4.90 Å². The van der Waals surface area contributed by atoms with Gasteiger partial charge in [0, 0.05) is 23.9 Å². The molecule has 0 atom stereocenters. The monoisotopic (exact) mass is 343 g/mol. The van der Waals surface area contributed by atoms with E-state index < -0.39 is 0 Å². The Bertz CT molecular complexity index is 1000. The van der Waals surface area contributed by atoms with Crippen molar-refractivity contribution >= 4 is 23.5 Å². The smallest absolute Gasteiger partial charge is 0.279 e. The molecule has 2 heterocycles. The highest BCUT2D eigenvalue weighted by atomic mass is 16.2. The van der Waals surface area contributed by atoms with Gasteiger partial charge in [-0.15, -0.1) is 5.10 Å². The molecular formula is C20H17N5O. The molecule has 0 saturated carbocycles. The van der Waals surface area contributed by atoms with Crippen molar-refractivity contribution in [1.29, 1.82) is 0 Å². The van der Waals surface area contributed by atoms with Crippen molar-refractivity contribution < 1.29 is 4.79 Å². The third-order valence-electron chi connectivity index (χ3n) is 4.20. The number of amides is 1. The molecule has 2 aromatic carbocycles. The van der Waals surface area contributed by atoms with Gasteiger partial charge in [0.05, 0.1) is 23.8 Å². The lowest BCUT2D eigenvalue weighted by atomic mass is 10.1. The Hall–Kier alpha value is -3.54. The lowest BCUT2D eigenvalue weighted by Gasteiger charge is -2.12. The van der Waals surface area contributed by atoms with Crippen molar-refractivity contribution in [3.05, 3.63) is 78.1 Å². The third kappa shape index (κ3) is 2.82. The quantitative estimate of drug-likeness (QED) is 0.540. The maximum Gasteiger partial charge on any atom is 0.279 e. The molecule has 0 spiro atoms. The Balaban J connectivity index is 1.59. The minimum atomic E-state index is -0.120. The molecule has 3 aromatic rings. The number of anilines is 1. The van der Waals surface area contributed by atoms with Crippen LogP contribution in [0.25, 0.3) is 5.69 Å². The average Bonchev–Trinajstić information content (AvgIpc) is 3.26. The first-order chi connectivity index (χ1) is 12.8. The number of benzene rings is 2. The van der Waals surface area contributed by atoms with Crippen LogP contribution in [0.5, 0.6) is 0 Å². The summed E-state index contributed by atoms with van der Waals surface area (Å²) < 4.78 is 1.77. The SMILES string of the molecule is CCN1C(=O)/C(=N/N=C\c2cnn(-c3ccccc3)c2)c2ccccc21. The summed E-state index contributed by atoms with van der Waals surface area (Å²) in [5.74, 6) is -0.120. The summed E-state index contributed by atoms with van der Waals surface area (Å²) in [6.45, 7) is 2.54. The molecule has 0 aliphatic carbocycles. The highest BCUT2D eigenvalue weighted by molar-refractivity contribution is 6.54. The van der Waals surface area contributed by atoms with Crippen molar-refractivity contribution in [2.24, 2.45) is 10.2 Å². The maximum absolute atomic E-state index is 12.5. The van der Waals surface area contributed by atoms with Crippen molar-refractivity contribution in [1.82, 2.24) is 9.78 Å². The van der Waals surface area contributed by atoms with E-state index in [0.29, 0.717) is 12.3 Å². The fraction of sp³-hybridized carbons (Fsp3) is 0.100. The number of carbonyl (C=O) groups is 1. The topological polar surface area (TPSA) is 62.9 Å². The van der Waals surface area contributed by atoms with Crippen LogP contribution >= 0.6 is 0 Å². The van der Waals surface area contributed by atoms with Crippen LogP contribution in [-0.2, 0) is 4.79 Å². The summed E-state index contributed by atoms with van der Waals surface area (Å²) in [5, 5.41) is 12.6. The summed E-state index contributed by atoms with van der Waals surface area (Å²) in [5.41, 5.74) is 3.85.